The van der Waals surface area contributed by atoms with Gasteiger partial charge in [0.2, 0.25) is 0 Å². The number of aromatic hydroxyl groups is 1. The van der Waals surface area contributed by atoms with E-state index in [1.165, 1.54) is 0 Å². The molecule has 3 nitrogen and oxygen atoms in total. The van der Waals surface area contributed by atoms with Crippen molar-refractivity contribution in [3.05, 3.63) is 28.9 Å². The Balaban J connectivity index is 2.75. The molecule has 86 valence electrons. The summed E-state index contributed by atoms with van der Waals surface area (Å²) in [7, 11) is 0. The van der Waals surface area contributed by atoms with Crippen molar-refractivity contribution in [2.24, 2.45) is 5.73 Å². The molecule has 2 aromatic rings. The molecule has 0 aliphatic rings. The Morgan fingerprint density at radius 1 is 1.44 bits per heavy atom. The molecule has 0 aliphatic heterocycles. The number of aromatic nitrogens is 1. The van der Waals surface area contributed by atoms with Crippen molar-refractivity contribution in [2.75, 3.05) is 6.54 Å². The zero-order valence-corrected chi connectivity index (χ0v) is 9.96. The molecule has 2 rings (SSSR count). The van der Waals surface area contributed by atoms with Crippen molar-refractivity contribution in [1.82, 2.24) is 4.57 Å². The van der Waals surface area contributed by atoms with Crippen molar-refractivity contribution in [1.29, 1.82) is 0 Å². The number of rotatable bonds is 3. The molecule has 0 amide bonds. The maximum absolute atomic E-state index is 9.99. The van der Waals surface area contributed by atoms with Gasteiger partial charge in [0.25, 0.3) is 0 Å². The highest BCUT2D eigenvalue weighted by Crippen LogP contribution is 2.35. The number of hydrogen-bond donors (Lipinski definition) is 2. The predicted molar refractivity (Wildman–Crippen MR) is 67.0 cm³/mol. The Kier molecular flexibility index (Phi) is 3.08. The third-order valence-electron chi connectivity index (χ3n) is 2.80. The second-order valence-electron chi connectivity index (χ2n) is 3.77. The van der Waals surface area contributed by atoms with E-state index in [2.05, 4.69) is 11.5 Å². The summed E-state index contributed by atoms with van der Waals surface area (Å²) < 4.78 is 2.09. The van der Waals surface area contributed by atoms with Crippen molar-refractivity contribution in [3.8, 4) is 5.75 Å². The van der Waals surface area contributed by atoms with Crippen LogP contribution in [0.2, 0.25) is 5.02 Å². The normalized spacial score (nSPS) is 11.2. The summed E-state index contributed by atoms with van der Waals surface area (Å²) in [5.74, 6) is 0.162. The summed E-state index contributed by atoms with van der Waals surface area (Å²) >= 11 is 5.92. The average Bonchev–Trinajstić information content (AvgIpc) is 2.63. The van der Waals surface area contributed by atoms with Crippen LogP contribution in [0.4, 0.5) is 0 Å². The fourth-order valence-electron chi connectivity index (χ4n) is 2.04. The Labute approximate surface area is 99.4 Å². The van der Waals surface area contributed by atoms with Gasteiger partial charge in [0.1, 0.15) is 5.75 Å². The molecule has 1 aromatic heterocycles. The molecule has 0 fully saturated rings. The fraction of sp³-hybridized carbons (Fsp3) is 0.333. The minimum Gasteiger partial charge on any atom is -0.506 e. The van der Waals surface area contributed by atoms with Gasteiger partial charge in [-0.2, -0.15) is 0 Å². The van der Waals surface area contributed by atoms with Crippen molar-refractivity contribution in [3.63, 3.8) is 0 Å². The third-order valence-corrected chi connectivity index (χ3v) is 3.11. The van der Waals surface area contributed by atoms with Gasteiger partial charge in [-0.15, -0.1) is 0 Å². The largest absolute Gasteiger partial charge is 0.506 e. The maximum atomic E-state index is 9.99. The van der Waals surface area contributed by atoms with E-state index < -0.39 is 0 Å². The van der Waals surface area contributed by atoms with Crippen LogP contribution >= 0.6 is 11.6 Å². The molecule has 1 heterocycles. The number of halogens is 1. The third kappa shape index (κ3) is 1.66. The van der Waals surface area contributed by atoms with E-state index in [4.69, 9.17) is 17.3 Å². The minimum atomic E-state index is 0.162. The molecule has 0 bridgehead atoms. The summed E-state index contributed by atoms with van der Waals surface area (Å²) in [5, 5.41) is 11.2. The van der Waals surface area contributed by atoms with E-state index in [-0.39, 0.29) is 5.75 Å². The molecule has 1 aromatic carbocycles. The van der Waals surface area contributed by atoms with Crippen LogP contribution in [0.3, 0.4) is 0 Å². The lowest BCUT2D eigenvalue weighted by Gasteiger charge is -2.03. The van der Waals surface area contributed by atoms with Crippen LogP contribution in [-0.2, 0) is 13.0 Å². The summed E-state index contributed by atoms with van der Waals surface area (Å²) in [6.45, 7) is 3.49. The number of phenols is 1. The number of aryl methyl sites for hydroxylation is 1. The van der Waals surface area contributed by atoms with Crippen molar-refractivity contribution < 1.29 is 5.11 Å². The van der Waals surface area contributed by atoms with Crippen LogP contribution in [0.15, 0.2) is 18.3 Å². The van der Waals surface area contributed by atoms with Crippen LogP contribution in [0, 0.1) is 0 Å². The predicted octanol–water partition coefficient (Wildman–Crippen LogP) is 2.52. The second kappa shape index (κ2) is 4.36. The molecule has 4 heteroatoms. The van der Waals surface area contributed by atoms with Crippen LogP contribution in [0.25, 0.3) is 10.9 Å². The Morgan fingerprint density at radius 2 is 2.19 bits per heavy atom. The minimum absolute atomic E-state index is 0.162. The highest BCUT2D eigenvalue weighted by Gasteiger charge is 2.13. The Morgan fingerprint density at radius 3 is 2.81 bits per heavy atom. The zero-order chi connectivity index (χ0) is 11.7. The molecule has 0 radical (unpaired) electrons. The van der Waals surface area contributed by atoms with Gasteiger partial charge < -0.3 is 15.4 Å². The number of fused-ring (bicyclic) bond motifs is 1. The van der Waals surface area contributed by atoms with Gasteiger partial charge in [-0.05, 0) is 37.6 Å². The molecule has 0 unspecified atom stereocenters. The first kappa shape index (κ1) is 11.3. The van der Waals surface area contributed by atoms with Crippen molar-refractivity contribution >= 4 is 22.5 Å². The Hall–Kier alpha value is -1.19. The van der Waals surface area contributed by atoms with Crippen LogP contribution in [0.5, 0.6) is 5.75 Å². The average molecular weight is 239 g/mol. The highest BCUT2D eigenvalue weighted by atomic mass is 35.5. The van der Waals surface area contributed by atoms with Crippen LogP contribution in [-0.4, -0.2) is 16.2 Å². The van der Waals surface area contributed by atoms with Gasteiger partial charge in [-0.3, -0.25) is 0 Å². The first-order chi connectivity index (χ1) is 7.69. The molecule has 0 spiro atoms. The first-order valence-corrected chi connectivity index (χ1v) is 5.76. The number of nitrogens with two attached hydrogens (primary N) is 1. The molecule has 0 saturated heterocycles. The topological polar surface area (TPSA) is 51.2 Å². The summed E-state index contributed by atoms with van der Waals surface area (Å²) in [5.41, 5.74) is 7.63. The smallest absolute Gasteiger partial charge is 0.143 e. The molecule has 0 atom stereocenters. The van der Waals surface area contributed by atoms with Gasteiger partial charge in [0.05, 0.1) is 10.5 Å². The standard InChI is InChI=1S/C12H15ClN2O/c1-2-15-7-8(5-6-14)11-10(15)4-3-9(13)12(11)16/h3-4,7,16H,2,5-6,14H2,1H3. The lowest BCUT2D eigenvalue weighted by atomic mass is 10.1. The number of phenolic OH excluding ortho intramolecular Hbond substituents is 1. The van der Waals surface area contributed by atoms with E-state index >= 15 is 0 Å². The van der Waals surface area contributed by atoms with E-state index in [1.54, 1.807) is 6.07 Å². The highest BCUT2D eigenvalue weighted by molar-refractivity contribution is 6.33. The summed E-state index contributed by atoms with van der Waals surface area (Å²) in [4.78, 5) is 0. The summed E-state index contributed by atoms with van der Waals surface area (Å²) in [6.07, 6.45) is 2.78. The summed E-state index contributed by atoms with van der Waals surface area (Å²) in [6, 6.07) is 3.65. The number of benzene rings is 1. The van der Waals surface area contributed by atoms with Gasteiger partial charge in [0, 0.05) is 18.1 Å². The van der Waals surface area contributed by atoms with E-state index in [9.17, 15) is 5.11 Å². The quantitative estimate of drug-likeness (QED) is 0.863. The van der Waals surface area contributed by atoms with Crippen LogP contribution in [0.1, 0.15) is 12.5 Å². The van der Waals surface area contributed by atoms with E-state index in [0.29, 0.717) is 11.6 Å². The molecule has 3 N–H and O–H groups in total. The number of nitrogens with zero attached hydrogens (tertiary/aromatic N) is 1. The Bertz CT molecular complexity index is 519. The lowest BCUT2D eigenvalue weighted by Crippen LogP contribution is -2.02. The molecular weight excluding hydrogens is 224 g/mol. The van der Waals surface area contributed by atoms with Crippen LogP contribution < -0.4 is 5.73 Å². The molecule has 0 aliphatic carbocycles. The van der Waals surface area contributed by atoms with Crippen molar-refractivity contribution in [2.45, 2.75) is 19.9 Å². The SMILES string of the molecule is CCn1cc(CCN)c2c(O)c(Cl)ccc21. The molecule has 16 heavy (non-hydrogen) atoms. The number of hydrogen-bond acceptors (Lipinski definition) is 2. The maximum Gasteiger partial charge on any atom is 0.143 e. The monoisotopic (exact) mass is 238 g/mol. The van der Waals surface area contributed by atoms with Gasteiger partial charge in [-0.25, -0.2) is 0 Å². The molecule has 0 saturated carbocycles. The van der Waals surface area contributed by atoms with E-state index in [0.717, 1.165) is 29.4 Å². The fourth-order valence-corrected chi connectivity index (χ4v) is 2.20. The van der Waals surface area contributed by atoms with E-state index in [1.807, 2.05) is 12.3 Å². The first-order valence-electron chi connectivity index (χ1n) is 5.38. The second-order valence-corrected chi connectivity index (χ2v) is 4.18. The van der Waals surface area contributed by atoms with Gasteiger partial charge in [-0.1, -0.05) is 11.6 Å². The molecular formula is C12H15ClN2O. The zero-order valence-electron chi connectivity index (χ0n) is 9.20. The lowest BCUT2D eigenvalue weighted by molar-refractivity contribution is 0.481. The van der Waals surface area contributed by atoms with Gasteiger partial charge >= 0.3 is 0 Å². The van der Waals surface area contributed by atoms with Gasteiger partial charge in [0.15, 0.2) is 0 Å².